The molecule has 0 bridgehead atoms. The number of halogens is 4. The first-order chi connectivity index (χ1) is 11.5. The van der Waals surface area contributed by atoms with Gasteiger partial charge in [0.15, 0.2) is 11.6 Å². The van der Waals surface area contributed by atoms with E-state index >= 15 is 0 Å². The number of fused-ring (bicyclic) bond motifs is 1. The second kappa shape index (κ2) is 6.51. The lowest BCUT2D eigenvalue weighted by Gasteiger charge is -2.14. The lowest BCUT2D eigenvalue weighted by atomic mass is 10.0. The fraction of sp³-hybridized carbons (Fsp3) is 0.267. The molecular formula is C15H12F4O5S. The SMILES string of the molecule is CCOC(=O)c1cc2cc(C)ccc2c(OS(=O)(=O)C(F)(F)F)c1F. The highest BCUT2D eigenvalue weighted by Crippen LogP contribution is 2.36. The normalized spacial score (nSPS) is 12.2. The largest absolute Gasteiger partial charge is 0.534 e. The van der Waals surface area contributed by atoms with Crippen LogP contribution in [-0.2, 0) is 14.9 Å². The van der Waals surface area contributed by atoms with Crippen molar-refractivity contribution in [2.75, 3.05) is 6.61 Å². The summed E-state index contributed by atoms with van der Waals surface area (Å²) in [6, 6.07) is 5.12. The molecule has 0 atom stereocenters. The van der Waals surface area contributed by atoms with E-state index in [1.165, 1.54) is 25.1 Å². The van der Waals surface area contributed by atoms with Crippen LogP contribution in [-0.4, -0.2) is 26.5 Å². The number of hydrogen-bond donors (Lipinski definition) is 0. The van der Waals surface area contributed by atoms with Crippen LogP contribution in [0.1, 0.15) is 22.8 Å². The van der Waals surface area contributed by atoms with Gasteiger partial charge in [0, 0.05) is 5.39 Å². The van der Waals surface area contributed by atoms with Crippen LogP contribution < -0.4 is 4.18 Å². The minimum Gasteiger partial charge on any atom is -0.462 e. The first-order valence-electron chi connectivity index (χ1n) is 6.88. The molecule has 0 heterocycles. The van der Waals surface area contributed by atoms with Crippen LogP contribution in [0.2, 0.25) is 0 Å². The molecule has 0 aromatic heterocycles. The van der Waals surface area contributed by atoms with Gasteiger partial charge >= 0.3 is 21.6 Å². The summed E-state index contributed by atoms with van der Waals surface area (Å²) in [5.41, 5.74) is -5.83. The Morgan fingerprint density at radius 2 is 1.84 bits per heavy atom. The first-order valence-corrected chi connectivity index (χ1v) is 8.29. The molecule has 0 spiro atoms. The molecule has 0 N–H and O–H groups in total. The van der Waals surface area contributed by atoms with E-state index in [0.29, 0.717) is 5.56 Å². The van der Waals surface area contributed by atoms with Crippen LogP contribution in [0, 0.1) is 12.7 Å². The third-order valence-corrected chi connectivity index (χ3v) is 4.11. The van der Waals surface area contributed by atoms with Crippen molar-refractivity contribution in [3.05, 3.63) is 41.2 Å². The fourth-order valence-corrected chi connectivity index (χ4v) is 2.54. The van der Waals surface area contributed by atoms with Crippen molar-refractivity contribution in [3.8, 4) is 5.75 Å². The molecule has 0 amide bonds. The molecule has 5 nitrogen and oxygen atoms in total. The quantitative estimate of drug-likeness (QED) is 0.350. The smallest absolute Gasteiger partial charge is 0.462 e. The van der Waals surface area contributed by atoms with Crippen LogP contribution >= 0.6 is 0 Å². The predicted octanol–water partition coefficient (Wildman–Crippen LogP) is 3.69. The molecule has 136 valence electrons. The molecule has 0 aliphatic rings. The number of rotatable bonds is 4. The maximum absolute atomic E-state index is 14.5. The van der Waals surface area contributed by atoms with Gasteiger partial charge in [0.1, 0.15) is 0 Å². The number of carbonyl (C=O) groups is 1. The van der Waals surface area contributed by atoms with Gasteiger partial charge in [0.05, 0.1) is 12.2 Å². The van der Waals surface area contributed by atoms with E-state index in [2.05, 4.69) is 8.92 Å². The number of esters is 1. The summed E-state index contributed by atoms with van der Waals surface area (Å²) in [4.78, 5) is 11.8. The molecule has 2 aromatic rings. The topological polar surface area (TPSA) is 69.7 Å². The van der Waals surface area contributed by atoms with Crippen molar-refractivity contribution in [1.82, 2.24) is 0 Å². The number of alkyl halides is 3. The molecule has 0 unspecified atom stereocenters. The van der Waals surface area contributed by atoms with E-state index in [0.717, 1.165) is 6.07 Å². The Bertz CT molecular complexity index is 935. The fourth-order valence-electron chi connectivity index (χ4n) is 2.06. The van der Waals surface area contributed by atoms with Crippen molar-refractivity contribution in [2.45, 2.75) is 19.4 Å². The molecule has 25 heavy (non-hydrogen) atoms. The highest BCUT2D eigenvalue weighted by atomic mass is 32.2. The Balaban J connectivity index is 2.76. The van der Waals surface area contributed by atoms with E-state index in [1.54, 1.807) is 6.92 Å². The molecule has 0 fully saturated rings. The third-order valence-electron chi connectivity index (χ3n) is 3.16. The highest BCUT2D eigenvalue weighted by Gasteiger charge is 2.49. The van der Waals surface area contributed by atoms with Crippen molar-refractivity contribution >= 4 is 26.9 Å². The molecule has 0 saturated carbocycles. The number of hydrogen-bond acceptors (Lipinski definition) is 5. The van der Waals surface area contributed by atoms with Gasteiger partial charge in [0.2, 0.25) is 0 Å². The molecule has 2 rings (SSSR count). The summed E-state index contributed by atoms with van der Waals surface area (Å²) in [6.45, 7) is 2.99. The van der Waals surface area contributed by atoms with Gasteiger partial charge in [-0.15, -0.1) is 0 Å². The van der Waals surface area contributed by atoms with E-state index in [1.807, 2.05) is 0 Å². The minimum absolute atomic E-state index is 0.110. The van der Waals surface area contributed by atoms with Crippen LogP contribution in [0.5, 0.6) is 5.75 Å². The Hall–Kier alpha value is -2.36. The lowest BCUT2D eigenvalue weighted by molar-refractivity contribution is -0.0500. The summed E-state index contributed by atoms with van der Waals surface area (Å²) < 4.78 is 83.4. The Kier molecular flexibility index (Phi) is 4.94. The zero-order valence-electron chi connectivity index (χ0n) is 13.0. The van der Waals surface area contributed by atoms with Crippen molar-refractivity contribution in [2.24, 2.45) is 0 Å². The lowest BCUT2D eigenvalue weighted by Crippen LogP contribution is -2.28. The van der Waals surface area contributed by atoms with Crippen LogP contribution in [0.15, 0.2) is 24.3 Å². The van der Waals surface area contributed by atoms with Gasteiger partial charge in [-0.25, -0.2) is 9.18 Å². The summed E-state index contributed by atoms with van der Waals surface area (Å²) in [5.74, 6) is -3.92. The average Bonchev–Trinajstić information content (AvgIpc) is 2.48. The van der Waals surface area contributed by atoms with Gasteiger partial charge in [0.25, 0.3) is 0 Å². The summed E-state index contributed by atoms with van der Waals surface area (Å²) in [5, 5.41) is -0.110. The molecule has 0 radical (unpaired) electrons. The van der Waals surface area contributed by atoms with Crippen LogP contribution in [0.4, 0.5) is 17.6 Å². The van der Waals surface area contributed by atoms with Crippen LogP contribution in [0.25, 0.3) is 10.8 Å². The van der Waals surface area contributed by atoms with E-state index in [4.69, 9.17) is 0 Å². The second-order valence-electron chi connectivity index (χ2n) is 5.00. The first kappa shape index (κ1) is 19.0. The monoisotopic (exact) mass is 380 g/mol. The Labute approximate surface area is 140 Å². The number of ether oxygens (including phenoxy) is 1. The second-order valence-corrected chi connectivity index (χ2v) is 6.53. The summed E-state index contributed by atoms with van der Waals surface area (Å²) in [7, 11) is -6.12. The highest BCUT2D eigenvalue weighted by molar-refractivity contribution is 7.88. The van der Waals surface area contributed by atoms with Crippen LogP contribution in [0.3, 0.4) is 0 Å². The Morgan fingerprint density at radius 1 is 1.20 bits per heavy atom. The maximum atomic E-state index is 14.5. The van der Waals surface area contributed by atoms with E-state index in [-0.39, 0.29) is 17.4 Å². The molecule has 2 aromatic carbocycles. The minimum atomic E-state index is -6.12. The van der Waals surface area contributed by atoms with Gasteiger partial charge in [-0.2, -0.15) is 21.6 Å². The van der Waals surface area contributed by atoms with E-state index in [9.17, 15) is 30.8 Å². The third kappa shape index (κ3) is 3.68. The molecule has 0 aliphatic carbocycles. The standard InChI is InChI=1S/C15H12F4O5S/c1-3-23-14(20)11-7-9-6-8(2)4-5-10(9)13(12(11)16)24-25(21,22)15(17,18)19/h4-7H,3H2,1-2H3. The van der Waals surface area contributed by atoms with E-state index < -0.39 is 38.7 Å². The molecule has 10 heteroatoms. The average molecular weight is 380 g/mol. The van der Waals surface area contributed by atoms with Gasteiger partial charge in [-0.3, -0.25) is 0 Å². The summed E-state index contributed by atoms with van der Waals surface area (Å²) in [6.07, 6.45) is 0. The predicted molar refractivity (Wildman–Crippen MR) is 80.2 cm³/mol. The zero-order chi connectivity index (χ0) is 19.0. The zero-order valence-corrected chi connectivity index (χ0v) is 13.8. The van der Waals surface area contributed by atoms with Crippen molar-refractivity contribution < 1.29 is 39.7 Å². The van der Waals surface area contributed by atoms with Gasteiger partial charge < -0.3 is 8.92 Å². The number of carbonyl (C=O) groups excluding carboxylic acids is 1. The number of aryl methyl sites for hydroxylation is 1. The summed E-state index contributed by atoms with van der Waals surface area (Å²) >= 11 is 0. The van der Waals surface area contributed by atoms with Gasteiger partial charge in [-0.05, 0) is 25.3 Å². The molecule has 0 aliphatic heterocycles. The number of benzene rings is 2. The molecular weight excluding hydrogens is 368 g/mol. The van der Waals surface area contributed by atoms with Gasteiger partial charge in [-0.1, -0.05) is 23.8 Å². The van der Waals surface area contributed by atoms with Crippen molar-refractivity contribution in [1.29, 1.82) is 0 Å². The maximum Gasteiger partial charge on any atom is 0.534 e. The molecule has 0 saturated heterocycles. The van der Waals surface area contributed by atoms with Crippen molar-refractivity contribution in [3.63, 3.8) is 0 Å². The Morgan fingerprint density at radius 3 is 2.40 bits per heavy atom.